The topological polar surface area (TPSA) is 96.1 Å². The summed E-state index contributed by atoms with van der Waals surface area (Å²) < 4.78 is 7.30. The van der Waals surface area contributed by atoms with Crippen molar-refractivity contribution in [3.05, 3.63) is 98.6 Å². The summed E-state index contributed by atoms with van der Waals surface area (Å²) in [5.41, 5.74) is 1.65. The molecule has 0 aliphatic heterocycles. The van der Waals surface area contributed by atoms with Crippen LogP contribution in [-0.2, 0) is 0 Å². The van der Waals surface area contributed by atoms with Crippen molar-refractivity contribution in [3.63, 3.8) is 0 Å². The fourth-order valence-corrected chi connectivity index (χ4v) is 3.77. The highest BCUT2D eigenvalue weighted by atomic mass is 35.5. The molecule has 0 radical (unpaired) electrons. The fourth-order valence-electron chi connectivity index (χ4n) is 3.32. The second kappa shape index (κ2) is 8.43. The van der Waals surface area contributed by atoms with Crippen LogP contribution in [0.25, 0.3) is 28.3 Å². The van der Waals surface area contributed by atoms with Gasteiger partial charge in [0.05, 0.1) is 21.6 Å². The van der Waals surface area contributed by atoms with Crippen molar-refractivity contribution in [1.29, 1.82) is 5.26 Å². The molecule has 0 aliphatic carbocycles. The second-order valence-corrected chi connectivity index (χ2v) is 7.86. The van der Waals surface area contributed by atoms with Gasteiger partial charge in [-0.1, -0.05) is 41.4 Å². The molecule has 1 N–H and O–H groups in total. The number of H-pyrrole nitrogens is 1. The first-order valence-electron chi connectivity index (χ1n) is 9.75. The number of nitriles is 1. The van der Waals surface area contributed by atoms with E-state index in [1.165, 1.54) is 16.5 Å². The number of imidazole rings is 1. The number of halogens is 2. The number of nitrogens with zero attached hydrogens (tertiary/aromatic N) is 4. The van der Waals surface area contributed by atoms with Crippen molar-refractivity contribution in [2.24, 2.45) is 0 Å². The number of allylic oxidation sites excluding steroid dienone is 1. The van der Waals surface area contributed by atoms with E-state index in [-0.39, 0.29) is 27.8 Å². The molecular formula is C24H13Cl2N5O2. The zero-order valence-corrected chi connectivity index (χ0v) is 18.3. The van der Waals surface area contributed by atoms with Gasteiger partial charge in [-0.05, 0) is 48.5 Å². The number of nitrogens with one attached hydrogen (secondary N) is 1. The number of hydrogen-bond acceptors (Lipinski definition) is 5. The molecule has 9 heteroatoms. The van der Waals surface area contributed by atoms with Crippen molar-refractivity contribution in [3.8, 4) is 17.7 Å². The predicted molar refractivity (Wildman–Crippen MR) is 128 cm³/mol. The second-order valence-electron chi connectivity index (χ2n) is 7.01. The van der Waals surface area contributed by atoms with Gasteiger partial charge in [0.1, 0.15) is 28.9 Å². The molecule has 5 rings (SSSR count). The first-order valence-corrected chi connectivity index (χ1v) is 10.5. The molecule has 5 aromatic rings. The van der Waals surface area contributed by atoms with E-state index < -0.39 is 5.56 Å². The van der Waals surface area contributed by atoms with Gasteiger partial charge in [-0.15, -0.1) is 0 Å². The highest BCUT2D eigenvalue weighted by molar-refractivity contribution is 6.35. The Balaban J connectivity index is 1.71. The van der Waals surface area contributed by atoms with Crippen molar-refractivity contribution < 1.29 is 4.74 Å². The van der Waals surface area contributed by atoms with Gasteiger partial charge in [0.2, 0.25) is 5.88 Å². The molecule has 0 aliphatic rings. The smallest absolute Gasteiger partial charge is 0.269 e. The minimum atomic E-state index is -0.412. The molecule has 3 heterocycles. The van der Waals surface area contributed by atoms with Gasteiger partial charge < -0.3 is 9.72 Å². The van der Waals surface area contributed by atoms with E-state index >= 15 is 0 Å². The molecule has 0 saturated heterocycles. The van der Waals surface area contributed by atoms with Crippen LogP contribution in [0.15, 0.2) is 71.7 Å². The molecule has 33 heavy (non-hydrogen) atoms. The SMILES string of the molecule is N#CC(=Cc1c(Oc2ccc(Cl)cc2Cl)nc2ccccn2c1=O)c1nc2ccccc2[nH]1. The highest BCUT2D eigenvalue weighted by Crippen LogP contribution is 2.32. The molecule has 0 bridgehead atoms. The van der Waals surface area contributed by atoms with Gasteiger partial charge in [-0.25, -0.2) is 4.98 Å². The summed E-state index contributed by atoms with van der Waals surface area (Å²) in [6.45, 7) is 0. The van der Waals surface area contributed by atoms with Crippen molar-refractivity contribution in [2.75, 3.05) is 0 Å². The lowest BCUT2D eigenvalue weighted by Crippen LogP contribution is -2.18. The third-order valence-corrected chi connectivity index (χ3v) is 5.42. The number of pyridine rings is 1. The van der Waals surface area contributed by atoms with Gasteiger partial charge in [-0.3, -0.25) is 9.20 Å². The van der Waals surface area contributed by atoms with Gasteiger partial charge >= 0.3 is 0 Å². The number of ether oxygens (including phenoxy) is 1. The average Bonchev–Trinajstić information content (AvgIpc) is 3.25. The molecular weight excluding hydrogens is 461 g/mol. The van der Waals surface area contributed by atoms with Crippen LogP contribution in [0.4, 0.5) is 0 Å². The number of benzene rings is 2. The number of rotatable bonds is 4. The average molecular weight is 474 g/mol. The summed E-state index contributed by atoms with van der Waals surface area (Å²) in [6, 6.07) is 19.4. The zero-order valence-electron chi connectivity index (χ0n) is 16.8. The lowest BCUT2D eigenvalue weighted by molar-refractivity contribution is 0.461. The van der Waals surface area contributed by atoms with E-state index in [0.717, 1.165) is 5.52 Å². The number of hydrogen-bond donors (Lipinski definition) is 1. The van der Waals surface area contributed by atoms with Crippen LogP contribution in [0.2, 0.25) is 10.0 Å². The highest BCUT2D eigenvalue weighted by Gasteiger charge is 2.17. The van der Waals surface area contributed by atoms with E-state index in [0.29, 0.717) is 22.0 Å². The number of aromatic nitrogens is 4. The van der Waals surface area contributed by atoms with Crippen molar-refractivity contribution in [1.82, 2.24) is 19.4 Å². The quantitative estimate of drug-likeness (QED) is 0.336. The summed E-state index contributed by atoms with van der Waals surface area (Å²) in [7, 11) is 0. The van der Waals surface area contributed by atoms with Crippen LogP contribution in [0.5, 0.6) is 11.6 Å². The van der Waals surface area contributed by atoms with E-state index in [4.69, 9.17) is 27.9 Å². The van der Waals surface area contributed by atoms with Gasteiger partial charge in [0.25, 0.3) is 5.56 Å². The fraction of sp³-hybridized carbons (Fsp3) is 0. The molecule has 0 fully saturated rings. The Bertz CT molecular complexity index is 1630. The number of para-hydroxylation sites is 2. The first kappa shape index (κ1) is 20.8. The summed E-state index contributed by atoms with van der Waals surface area (Å²) in [6.07, 6.45) is 3.00. The molecule has 0 unspecified atom stereocenters. The van der Waals surface area contributed by atoms with E-state index in [1.807, 2.05) is 24.3 Å². The summed E-state index contributed by atoms with van der Waals surface area (Å²) >= 11 is 12.2. The molecule has 160 valence electrons. The Hall–Kier alpha value is -4.12. The Morgan fingerprint density at radius 2 is 1.91 bits per heavy atom. The number of fused-ring (bicyclic) bond motifs is 2. The normalized spacial score (nSPS) is 11.6. The Morgan fingerprint density at radius 3 is 2.70 bits per heavy atom. The lowest BCUT2D eigenvalue weighted by Gasteiger charge is -2.11. The van der Waals surface area contributed by atoms with Crippen LogP contribution in [-0.4, -0.2) is 19.4 Å². The molecule has 2 aromatic carbocycles. The summed E-state index contributed by atoms with van der Waals surface area (Å²) in [5.74, 6) is 0.594. The van der Waals surface area contributed by atoms with Crippen molar-refractivity contribution in [2.45, 2.75) is 0 Å². The monoisotopic (exact) mass is 473 g/mol. The lowest BCUT2D eigenvalue weighted by atomic mass is 10.2. The van der Waals surface area contributed by atoms with Crippen LogP contribution in [0, 0.1) is 11.3 Å². The minimum Gasteiger partial charge on any atom is -0.437 e. The van der Waals surface area contributed by atoms with E-state index in [2.05, 4.69) is 21.0 Å². The summed E-state index contributed by atoms with van der Waals surface area (Å²) in [5, 5.41) is 10.5. The van der Waals surface area contributed by atoms with Crippen LogP contribution >= 0.6 is 23.2 Å². The maximum Gasteiger partial charge on any atom is 0.269 e. The summed E-state index contributed by atoms with van der Waals surface area (Å²) in [4.78, 5) is 25.4. The van der Waals surface area contributed by atoms with Crippen molar-refractivity contribution >= 4 is 51.5 Å². The maximum atomic E-state index is 13.3. The first-order chi connectivity index (χ1) is 16.0. The Morgan fingerprint density at radius 1 is 1.09 bits per heavy atom. The van der Waals surface area contributed by atoms with Crippen LogP contribution < -0.4 is 10.3 Å². The van der Waals surface area contributed by atoms with Gasteiger partial charge in [0, 0.05) is 11.2 Å². The third-order valence-electron chi connectivity index (χ3n) is 4.89. The Kier molecular flexibility index (Phi) is 5.31. The standard InChI is InChI=1S/C24H13Cl2N5O2/c25-15-8-9-20(17(26)12-15)33-23-16(24(32)31-10-4-3-7-21(31)30-23)11-14(13-27)22-28-18-5-1-2-6-19(18)29-22/h1-12H,(H,28,29). The van der Waals surface area contributed by atoms with Gasteiger partial charge in [0.15, 0.2) is 0 Å². The molecule has 3 aromatic heterocycles. The predicted octanol–water partition coefficient (Wildman–Crippen LogP) is 5.73. The van der Waals surface area contributed by atoms with E-state index in [9.17, 15) is 10.1 Å². The van der Waals surface area contributed by atoms with Gasteiger partial charge in [-0.2, -0.15) is 10.2 Å². The number of aromatic amines is 1. The maximum absolute atomic E-state index is 13.3. The Labute approximate surface area is 197 Å². The molecule has 0 atom stereocenters. The minimum absolute atomic E-state index is 0.000663. The van der Waals surface area contributed by atoms with Crippen LogP contribution in [0.1, 0.15) is 11.4 Å². The molecule has 0 spiro atoms. The molecule has 0 saturated carbocycles. The van der Waals surface area contributed by atoms with E-state index in [1.54, 1.807) is 36.5 Å². The largest absolute Gasteiger partial charge is 0.437 e. The third kappa shape index (κ3) is 3.94. The molecule has 0 amide bonds. The zero-order chi connectivity index (χ0) is 22.9. The van der Waals surface area contributed by atoms with Crippen LogP contribution in [0.3, 0.4) is 0 Å². The molecule has 7 nitrogen and oxygen atoms in total.